The third kappa shape index (κ3) is 6.18. The number of unbranched alkanes of at least 4 members (excludes halogenated alkanes) is 1. The molecule has 1 aliphatic heterocycles. The molecular weight excluding hydrogens is 487 g/mol. The quantitative estimate of drug-likeness (QED) is 0.185. The fraction of sp³-hybridized carbons (Fsp3) is 0.407. The van der Waals surface area contributed by atoms with Crippen molar-refractivity contribution in [1.82, 2.24) is 9.80 Å². The third-order valence-electron chi connectivity index (χ3n) is 6.01. The maximum atomic E-state index is 13.2. The SMILES string of the molecule is CCCCOc1ccc(/C(O)=C2\C(=O)C(=O)N(CCCN(C)C)C2c2ccc(Cl)c(Cl)c2)cc1C. The smallest absolute Gasteiger partial charge is 0.295 e. The molecule has 1 aliphatic rings. The Hall–Kier alpha value is -2.54. The molecule has 35 heavy (non-hydrogen) atoms. The number of hydrogen-bond donors (Lipinski definition) is 1. The highest BCUT2D eigenvalue weighted by Crippen LogP contribution is 2.41. The summed E-state index contributed by atoms with van der Waals surface area (Å²) in [6.45, 7) is 5.69. The normalized spacial score (nSPS) is 17.5. The van der Waals surface area contributed by atoms with Gasteiger partial charge >= 0.3 is 0 Å². The van der Waals surface area contributed by atoms with E-state index >= 15 is 0 Å². The van der Waals surface area contributed by atoms with Gasteiger partial charge in [-0.2, -0.15) is 0 Å². The number of carbonyl (C=O) groups is 2. The lowest BCUT2D eigenvalue weighted by atomic mass is 9.94. The van der Waals surface area contributed by atoms with Crippen molar-refractivity contribution in [1.29, 1.82) is 0 Å². The highest BCUT2D eigenvalue weighted by Gasteiger charge is 2.46. The van der Waals surface area contributed by atoms with Gasteiger partial charge in [-0.1, -0.05) is 42.6 Å². The topological polar surface area (TPSA) is 70.1 Å². The lowest BCUT2D eigenvalue weighted by Gasteiger charge is -2.26. The first-order chi connectivity index (χ1) is 16.6. The predicted molar refractivity (Wildman–Crippen MR) is 140 cm³/mol. The van der Waals surface area contributed by atoms with Crippen LogP contribution in [0.1, 0.15) is 48.9 Å². The molecule has 2 aromatic carbocycles. The highest BCUT2D eigenvalue weighted by atomic mass is 35.5. The second kappa shape index (κ2) is 11.9. The minimum Gasteiger partial charge on any atom is -0.507 e. The average Bonchev–Trinajstić information content (AvgIpc) is 3.06. The summed E-state index contributed by atoms with van der Waals surface area (Å²) in [5.74, 6) is -0.861. The van der Waals surface area contributed by atoms with Crippen molar-refractivity contribution in [2.45, 2.75) is 39.2 Å². The fourth-order valence-electron chi connectivity index (χ4n) is 4.14. The van der Waals surface area contributed by atoms with Crippen LogP contribution in [0.4, 0.5) is 0 Å². The van der Waals surface area contributed by atoms with E-state index in [4.69, 9.17) is 27.9 Å². The van der Waals surface area contributed by atoms with Crippen LogP contribution in [-0.4, -0.2) is 60.4 Å². The van der Waals surface area contributed by atoms with E-state index in [-0.39, 0.29) is 11.3 Å². The van der Waals surface area contributed by atoms with Crippen LogP contribution in [0.5, 0.6) is 5.75 Å². The van der Waals surface area contributed by atoms with E-state index in [2.05, 4.69) is 6.92 Å². The number of aliphatic hydroxyl groups is 1. The monoisotopic (exact) mass is 518 g/mol. The van der Waals surface area contributed by atoms with Gasteiger partial charge in [-0.25, -0.2) is 0 Å². The molecular formula is C27H32Cl2N2O4. The third-order valence-corrected chi connectivity index (χ3v) is 6.75. The first-order valence-corrected chi connectivity index (χ1v) is 12.5. The van der Waals surface area contributed by atoms with Gasteiger partial charge < -0.3 is 19.6 Å². The number of ketones is 1. The molecule has 0 aromatic heterocycles. The minimum atomic E-state index is -0.771. The predicted octanol–water partition coefficient (Wildman–Crippen LogP) is 5.85. The summed E-state index contributed by atoms with van der Waals surface area (Å²) in [6, 6.07) is 9.48. The summed E-state index contributed by atoms with van der Waals surface area (Å²) in [7, 11) is 3.89. The van der Waals surface area contributed by atoms with E-state index in [0.29, 0.717) is 40.7 Å². The molecule has 1 saturated heterocycles. The number of likely N-dealkylation sites (tertiary alicyclic amines) is 1. The number of carbonyl (C=O) groups excluding carboxylic acids is 2. The van der Waals surface area contributed by atoms with E-state index < -0.39 is 17.7 Å². The van der Waals surface area contributed by atoms with E-state index in [1.807, 2.05) is 25.9 Å². The first-order valence-electron chi connectivity index (χ1n) is 11.8. The molecule has 6 nitrogen and oxygen atoms in total. The largest absolute Gasteiger partial charge is 0.507 e. The Morgan fingerprint density at radius 2 is 1.83 bits per heavy atom. The number of rotatable bonds is 10. The van der Waals surface area contributed by atoms with Gasteiger partial charge in [0.05, 0.1) is 28.3 Å². The van der Waals surface area contributed by atoms with Crippen LogP contribution in [0, 0.1) is 6.92 Å². The van der Waals surface area contributed by atoms with Gasteiger partial charge in [-0.15, -0.1) is 0 Å². The number of nitrogens with zero attached hydrogens (tertiary/aromatic N) is 2. The minimum absolute atomic E-state index is 0.0392. The van der Waals surface area contributed by atoms with Crippen LogP contribution in [-0.2, 0) is 9.59 Å². The summed E-state index contributed by atoms with van der Waals surface area (Å²) in [6.07, 6.45) is 2.64. The zero-order chi connectivity index (χ0) is 25.7. The molecule has 1 amide bonds. The number of benzene rings is 2. The molecule has 0 spiro atoms. The Kier molecular flexibility index (Phi) is 9.22. The Labute approximate surface area is 217 Å². The van der Waals surface area contributed by atoms with Gasteiger partial charge in [0.1, 0.15) is 11.5 Å². The van der Waals surface area contributed by atoms with Crippen molar-refractivity contribution >= 4 is 40.7 Å². The molecule has 0 radical (unpaired) electrons. The summed E-state index contributed by atoms with van der Waals surface area (Å²) < 4.78 is 5.81. The highest BCUT2D eigenvalue weighted by molar-refractivity contribution is 6.46. The molecule has 1 atom stereocenters. The lowest BCUT2D eigenvalue weighted by Crippen LogP contribution is -2.32. The van der Waals surface area contributed by atoms with Gasteiger partial charge in [-0.05, 0) is 81.9 Å². The van der Waals surface area contributed by atoms with Crippen molar-refractivity contribution in [3.63, 3.8) is 0 Å². The van der Waals surface area contributed by atoms with Crippen LogP contribution in [0.25, 0.3) is 5.76 Å². The zero-order valence-corrected chi connectivity index (χ0v) is 22.1. The Morgan fingerprint density at radius 3 is 2.46 bits per heavy atom. The number of Topliss-reactive ketones (excluding diaryl/α,β-unsaturated/α-hetero) is 1. The summed E-state index contributed by atoms with van der Waals surface area (Å²) in [5.41, 5.74) is 1.93. The van der Waals surface area contributed by atoms with Crippen molar-refractivity contribution in [2.75, 3.05) is 33.8 Å². The van der Waals surface area contributed by atoms with Crippen LogP contribution >= 0.6 is 23.2 Å². The molecule has 8 heteroatoms. The first kappa shape index (κ1) is 27.1. The molecule has 0 aliphatic carbocycles. The van der Waals surface area contributed by atoms with Crippen molar-refractivity contribution < 1.29 is 19.4 Å². The van der Waals surface area contributed by atoms with E-state index in [9.17, 15) is 14.7 Å². The van der Waals surface area contributed by atoms with Crippen LogP contribution in [0.3, 0.4) is 0 Å². The summed E-state index contributed by atoms with van der Waals surface area (Å²) >= 11 is 12.4. The Balaban J connectivity index is 2.05. The van der Waals surface area contributed by atoms with E-state index in [1.54, 1.807) is 36.4 Å². The van der Waals surface area contributed by atoms with E-state index in [1.165, 1.54) is 4.90 Å². The van der Waals surface area contributed by atoms with Gasteiger partial charge in [0.25, 0.3) is 11.7 Å². The second-order valence-electron chi connectivity index (χ2n) is 9.01. The lowest BCUT2D eigenvalue weighted by molar-refractivity contribution is -0.139. The maximum absolute atomic E-state index is 13.2. The standard InChI is InChI=1S/C27H32Cl2N2O4/c1-5-6-14-35-22-11-9-19(15-17(22)2)25(32)23-24(18-8-10-20(28)21(29)16-18)31(27(34)26(23)33)13-7-12-30(3)4/h8-11,15-16,24,32H,5-7,12-14H2,1-4H3/b25-23+. The van der Waals surface area contributed by atoms with Crippen molar-refractivity contribution in [2.24, 2.45) is 0 Å². The van der Waals surface area contributed by atoms with Gasteiger partial charge in [0, 0.05) is 12.1 Å². The molecule has 0 bridgehead atoms. The molecule has 1 fully saturated rings. The number of hydrogen-bond acceptors (Lipinski definition) is 5. The average molecular weight is 519 g/mol. The van der Waals surface area contributed by atoms with E-state index in [0.717, 1.165) is 30.7 Å². The van der Waals surface area contributed by atoms with Gasteiger partial charge in [-0.3, -0.25) is 9.59 Å². The number of halogens is 2. The number of aryl methyl sites for hydroxylation is 1. The molecule has 1 heterocycles. The Morgan fingerprint density at radius 1 is 1.09 bits per heavy atom. The molecule has 1 N–H and O–H groups in total. The fourth-order valence-corrected chi connectivity index (χ4v) is 4.44. The summed E-state index contributed by atoms with van der Waals surface area (Å²) in [4.78, 5) is 29.8. The molecule has 2 aromatic rings. The Bertz CT molecular complexity index is 1130. The van der Waals surface area contributed by atoms with Crippen LogP contribution < -0.4 is 4.74 Å². The number of ether oxygens (including phenoxy) is 1. The van der Waals surface area contributed by atoms with Crippen LogP contribution in [0.15, 0.2) is 42.0 Å². The molecule has 3 rings (SSSR count). The second-order valence-corrected chi connectivity index (χ2v) is 9.82. The van der Waals surface area contributed by atoms with Crippen molar-refractivity contribution in [3.8, 4) is 5.75 Å². The maximum Gasteiger partial charge on any atom is 0.295 e. The summed E-state index contributed by atoms with van der Waals surface area (Å²) in [5, 5.41) is 12.0. The molecule has 188 valence electrons. The molecule has 1 unspecified atom stereocenters. The van der Waals surface area contributed by atoms with Gasteiger partial charge in [0.15, 0.2) is 0 Å². The zero-order valence-electron chi connectivity index (χ0n) is 20.6. The number of amides is 1. The number of aliphatic hydroxyl groups excluding tert-OH is 1. The van der Waals surface area contributed by atoms with Crippen LogP contribution in [0.2, 0.25) is 10.0 Å². The van der Waals surface area contributed by atoms with Crippen molar-refractivity contribution in [3.05, 3.63) is 68.7 Å². The molecule has 0 saturated carbocycles. The van der Waals surface area contributed by atoms with Gasteiger partial charge in [0.2, 0.25) is 0 Å².